The lowest BCUT2D eigenvalue weighted by molar-refractivity contribution is 0.0600. The predicted molar refractivity (Wildman–Crippen MR) is 66.8 cm³/mol. The molecule has 0 bridgehead atoms. The number of esters is 1. The van der Waals surface area contributed by atoms with Crippen molar-refractivity contribution in [1.82, 2.24) is 9.55 Å². The number of halogens is 1. The summed E-state index contributed by atoms with van der Waals surface area (Å²) in [4.78, 5) is 15.4. The highest BCUT2D eigenvalue weighted by atomic mass is 79.9. The standard InChI is InChI=1S/C12H11BrN2O2/c1-17-12(16)10-4-9(5-11(13)6-10)7-15-3-2-14-8-15/h2-6,8H,7H2,1H3. The smallest absolute Gasteiger partial charge is 0.337 e. The van der Waals surface area contributed by atoms with Crippen molar-refractivity contribution in [3.05, 3.63) is 52.5 Å². The molecule has 1 aromatic heterocycles. The predicted octanol–water partition coefficient (Wildman–Crippen LogP) is 2.48. The fourth-order valence-electron chi connectivity index (χ4n) is 1.57. The molecule has 1 heterocycles. The van der Waals surface area contributed by atoms with Crippen LogP contribution in [-0.2, 0) is 11.3 Å². The molecule has 0 spiro atoms. The van der Waals surface area contributed by atoms with Gasteiger partial charge in [-0.25, -0.2) is 9.78 Å². The van der Waals surface area contributed by atoms with Gasteiger partial charge in [-0.15, -0.1) is 0 Å². The highest BCUT2D eigenvalue weighted by molar-refractivity contribution is 9.10. The zero-order chi connectivity index (χ0) is 12.3. The van der Waals surface area contributed by atoms with Gasteiger partial charge >= 0.3 is 5.97 Å². The second kappa shape index (κ2) is 5.14. The van der Waals surface area contributed by atoms with Crippen LogP contribution in [0.1, 0.15) is 15.9 Å². The Morgan fingerprint density at radius 1 is 1.47 bits per heavy atom. The first-order valence-corrected chi connectivity index (χ1v) is 5.82. The van der Waals surface area contributed by atoms with Crippen LogP contribution in [0.2, 0.25) is 0 Å². The summed E-state index contributed by atoms with van der Waals surface area (Å²) in [5.41, 5.74) is 1.55. The van der Waals surface area contributed by atoms with Crippen LogP contribution in [0.3, 0.4) is 0 Å². The van der Waals surface area contributed by atoms with Crippen molar-refractivity contribution in [1.29, 1.82) is 0 Å². The van der Waals surface area contributed by atoms with Crippen molar-refractivity contribution in [2.75, 3.05) is 7.11 Å². The average molecular weight is 295 g/mol. The van der Waals surface area contributed by atoms with E-state index in [4.69, 9.17) is 4.74 Å². The van der Waals surface area contributed by atoms with Crippen molar-refractivity contribution in [2.24, 2.45) is 0 Å². The molecule has 0 fully saturated rings. The number of methoxy groups -OCH3 is 1. The van der Waals surface area contributed by atoms with E-state index in [0.717, 1.165) is 10.0 Å². The van der Waals surface area contributed by atoms with Gasteiger partial charge in [0.1, 0.15) is 0 Å². The highest BCUT2D eigenvalue weighted by Crippen LogP contribution is 2.17. The Labute approximate surface area is 107 Å². The lowest BCUT2D eigenvalue weighted by atomic mass is 10.1. The lowest BCUT2D eigenvalue weighted by Crippen LogP contribution is -2.04. The van der Waals surface area contributed by atoms with Gasteiger partial charge < -0.3 is 9.30 Å². The van der Waals surface area contributed by atoms with Gasteiger partial charge in [-0.1, -0.05) is 15.9 Å². The molecule has 0 N–H and O–H groups in total. The van der Waals surface area contributed by atoms with E-state index in [1.807, 2.05) is 22.9 Å². The summed E-state index contributed by atoms with van der Waals surface area (Å²) in [5.74, 6) is -0.335. The van der Waals surface area contributed by atoms with Gasteiger partial charge in [-0.2, -0.15) is 0 Å². The highest BCUT2D eigenvalue weighted by Gasteiger charge is 2.08. The van der Waals surface area contributed by atoms with Crippen LogP contribution in [0, 0.1) is 0 Å². The first-order chi connectivity index (χ1) is 8.19. The number of ether oxygens (including phenoxy) is 1. The Balaban J connectivity index is 2.28. The monoisotopic (exact) mass is 294 g/mol. The average Bonchev–Trinajstić information content (AvgIpc) is 2.80. The van der Waals surface area contributed by atoms with Crippen molar-refractivity contribution in [3.8, 4) is 0 Å². The normalized spacial score (nSPS) is 10.2. The van der Waals surface area contributed by atoms with Gasteiger partial charge in [0.15, 0.2) is 0 Å². The number of hydrogen-bond acceptors (Lipinski definition) is 3. The van der Waals surface area contributed by atoms with E-state index in [2.05, 4.69) is 20.9 Å². The van der Waals surface area contributed by atoms with Crippen molar-refractivity contribution >= 4 is 21.9 Å². The lowest BCUT2D eigenvalue weighted by Gasteiger charge is -2.06. The van der Waals surface area contributed by atoms with Crippen molar-refractivity contribution in [3.63, 3.8) is 0 Å². The zero-order valence-electron chi connectivity index (χ0n) is 9.26. The molecular formula is C12H11BrN2O2. The fraction of sp³-hybridized carbons (Fsp3) is 0.167. The first kappa shape index (κ1) is 11.9. The number of hydrogen-bond donors (Lipinski definition) is 0. The third-order valence-electron chi connectivity index (χ3n) is 2.30. The molecule has 2 rings (SSSR count). The molecule has 0 aliphatic carbocycles. The number of carbonyl (C=O) groups excluding carboxylic acids is 1. The van der Waals surface area contributed by atoms with Crippen LogP contribution in [0.15, 0.2) is 41.4 Å². The van der Waals surface area contributed by atoms with Crippen LogP contribution in [-0.4, -0.2) is 22.6 Å². The molecule has 0 saturated heterocycles. The molecule has 0 aliphatic rings. The van der Waals surface area contributed by atoms with Crippen molar-refractivity contribution in [2.45, 2.75) is 6.54 Å². The zero-order valence-corrected chi connectivity index (χ0v) is 10.8. The third kappa shape index (κ3) is 2.94. The van der Waals surface area contributed by atoms with E-state index in [1.165, 1.54) is 7.11 Å². The second-order valence-corrected chi connectivity index (χ2v) is 4.49. The van der Waals surface area contributed by atoms with Gasteiger partial charge in [0.2, 0.25) is 0 Å². The van der Waals surface area contributed by atoms with Crippen LogP contribution >= 0.6 is 15.9 Å². The number of nitrogens with zero attached hydrogens (tertiary/aromatic N) is 2. The molecule has 5 heteroatoms. The first-order valence-electron chi connectivity index (χ1n) is 5.02. The molecule has 0 radical (unpaired) electrons. The van der Waals surface area contributed by atoms with E-state index >= 15 is 0 Å². The topological polar surface area (TPSA) is 44.1 Å². The Bertz CT molecular complexity index is 523. The molecule has 0 amide bonds. The fourth-order valence-corrected chi connectivity index (χ4v) is 2.11. The van der Waals surface area contributed by atoms with Crippen LogP contribution in [0.5, 0.6) is 0 Å². The minimum atomic E-state index is -0.335. The third-order valence-corrected chi connectivity index (χ3v) is 2.76. The van der Waals surface area contributed by atoms with E-state index in [1.54, 1.807) is 18.6 Å². The second-order valence-electron chi connectivity index (χ2n) is 3.57. The van der Waals surface area contributed by atoms with Gasteiger partial charge in [-0.05, 0) is 23.8 Å². The van der Waals surface area contributed by atoms with Crippen LogP contribution < -0.4 is 0 Å². The summed E-state index contributed by atoms with van der Waals surface area (Å²) >= 11 is 3.38. The Morgan fingerprint density at radius 3 is 2.94 bits per heavy atom. The summed E-state index contributed by atoms with van der Waals surface area (Å²) in [6.45, 7) is 0.670. The molecule has 0 atom stereocenters. The van der Waals surface area contributed by atoms with E-state index in [9.17, 15) is 4.79 Å². The molecule has 2 aromatic rings. The molecule has 88 valence electrons. The summed E-state index contributed by atoms with van der Waals surface area (Å²) in [6.07, 6.45) is 5.33. The maximum atomic E-state index is 11.5. The summed E-state index contributed by atoms with van der Waals surface area (Å²) in [7, 11) is 1.37. The maximum Gasteiger partial charge on any atom is 0.337 e. The Kier molecular flexibility index (Phi) is 3.58. The van der Waals surface area contributed by atoms with Gasteiger partial charge in [0.05, 0.1) is 19.0 Å². The molecule has 0 saturated carbocycles. The van der Waals surface area contributed by atoms with E-state index in [0.29, 0.717) is 12.1 Å². The minimum absolute atomic E-state index is 0.335. The number of rotatable bonds is 3. The SMILES string of the molecule is COC(=O)c1cc(Br)cc(Cn2ccnc2)c1. The Morgan fingerprint density at radius 2 is 2.29 bits per heavy atom. The summed E-state index contributed by atoms with van der Waals surface area (Å²) in [5, 5.41) is 0. The number of imidazole rings is 1. The quantitative estimate of drug-likeness (QED) is 0.817. The van der Waals surface area contributed by atoms with Gasteiger partial charge in [-0.3, -0.25) is 0 Å². The molecule has 17 heavy (non-hydrogen) atoms. The summed E-state index contributed by atoms with van der Waals surface area (Å²) in [6, 6.07) is 5.52. The molecule has 1 aromatic carbocycles. The maximum absolute atomic E-state index is 11.5. The number of carbonyl (C=O) groups is 1. The van der Waals surface area contributed by atoms with Gasteiger partial charge in [0, 0.05) is 23.4 Å². The number of aromatic nitrogens is 2. The van der Waals surface area contributed by atoms with E-state index in [-0.39, 0.29) is 5.97 Å². The van der Waals surface area contributed by atoms with Crippen LogP contribution in [0.25, 0.3) is 0 Å². The summed E-state index contributed by atoms with van der Waals surface area (Å²) < 4.78 is 7.49. The number of benzene rings is 1. The molecular weight excluding hydrogens is 284 g/mol. The molecule has 0 aliphatic heterocycles. The molecule has 4 nitrogen and oxygen atoms in total. The largest absolute Gasteiger partial charge is 0.465 e. The van der Waals surface area contributed by atoms with Crippen molar-refractivity contribution < 1.29 is 9.53 Å². The van der Waals surface area contributed by atoms with E-state index < -0.39 is 0 Å². The van der Waals surface area contributed by atoms with Crippen LogP contribution in [0.4, 0.5) is 0 Å². The minimum Gasteiger partial charge on any atom is -0.465 e. The molecule has 0 unspecified atom stereocenters. The Hall–Kier alpha value is -1.62. The van der Waals surface area contributed by atoms with Gasteiger partial charge in [0.25, 0.3) is 0 Å².